The van der Waals surface area contributed by atoms with Gasteiger partial charge in [-0.2, -0.15) is 0 Å². The van der Waals surface area contributed by atoms with Gasteiger partial charge in [-0.05, 0) is 27.6 Å². The minimum Gasteiger partial charge on any atom is -0.355 e. The standard InChI is InChI=1S/C10H11BrClN3/c11-8-3-1-2-7(9(8)12)6-15-10-13-4-5-14-10/h1-3H,4-6H2,(H2,13,14,15). The van der Waals surface area contributed by atoms with Gasteiger partial charge in [0.15, 0.2) is 5.96 Å². The monoisotopic (exact) mass is 287 g/mol. The molecule has 0 bridgehead atoms. The van der Waals surface area contributed by atoms with Gasteiger partial charge in [-0.15, -0.1) is 0 Å². The van der Waals surface area contributed by atoms with Crippen LogP contribution in [0, 0.1) is 0 Å². The molecule has 1 aliphatic heterocycles. The van der Waals surface area contributed by atoms with Crippen molar-refractivity contribution in [1.82, 2.24) is 10.6 Å². The first-order valence-corrected chi connectivity index (χ1v) is 5.89. The van der Waals surface area contributed by atoms with Crippen molar-refractivity contribution in [2.75, 3.05) is 13.1 Å². The SMILES string of the molecule is Clc1c(Br)cccc1CNC1=NCCN1. The lowest BCUT2D eigenvalue weighted by atomic mass is 10.2. The molecule has 1 aliphatic rings. The fourth-order valence-electron chi connectivity index (χ4n) is 1.38. The van der Waals surface area contributed by atoms with Gasteiger partial charge in [0.2, 0.25) is 0 Å². The van der Waals surface area contributed by atoms with Crippen LogP contribution in [0.5, 0.6) is 0 Å². The summed E-state index contributed by atoms with van der Waals surface area (Å²) in [7, 11) is 0. The van der Waals surface area contributed by atoms with Gasteiger partial charge in [0.05, 0.1) is 11.6 Å². The van der Waals surface area contributed by atoms with Crippen molar-refractivity contribution >= 4 is 33.5 Å². The Labute approximate surface area is 102 Å². The molecule has 5 heteroatoms. The molecule has 0 saturated heterocycles. The summed E-state index contributed by atoms with van der Waals surface area (Å²) in [5, 5.41) is 7.10. The molecule has 0 aliphatic carbocycles. The summed E-state index contributed by atoms with van der Waals surface area (Å²) < 4.78 is 0.921. The zero-order valence-electron chi connectivity index (χ0n) is 8.06. The van der Waals surface area contributed by atoms with E-state index in [1.165, 1.54) is 0 Å². The van der Waals surface area contributed by atoms with Crippen molar-refractivity contribution in [3.8, 4) is 0 Å². The van der Waals surface area contributed by atoms with Gasteiger partial charge < -0.3 is 10.6 Å². The van der Waals surface area contributed by atoms with Gasteiger partial charge in [0.1, 0.15) is 0 Å². The molecule has 1 aromatic carbocycles. The van der Waals surface area contributed by atoms with Crippen LogP contribution in [0.1, 0.15) is 5.56 Å². The highest BCUT2D eigenvalue weighted by atomic mass is 79.9. The summed E-state index contributed by atoms with van der Waals surface area (Å²) in [6.45, 7) is 2.44. The molecule has 2 N–H and O–H groups in total. The third kappa shape index (κ3) is 2.63. The van der Waals surface area contributed by atoms with Gasteiger partial charge in [0, 0.05) is 17.6 Å². The second-order valence-electron chi connectivity index (χ2n) is 3.22. The van der Waals surface area contributed by atoms with Gasteiger partial charge in [-0.1, -0.05) is 23.7 Å². The Morgan fingerprint density at radius 3 is 3.13 bits per heavy atom. The molecule has 0 spiro atoms. The third-order valence-electron chi connectivity index (χ3n) is 2.15. The Bertz CT molecular complexity index is 392. The van der Waals surface area contributed by atoms with E-state index in [0.717, 1.165) is 34.1 Å². The minimum atomic E-state index is 0.685. The number of rotatable bonds is 2. The maximum absolute atomic E-state index is 6.13. The Morgan fingerprint density at radius 2 is 2.40 bits per heavy atom. The van der Waals surface area contributed by atoms with Crippen molar-refractivity contribution in [3.05, 3.63) is 33.3 Å². The number of nitrogens with one attached hydrogen (secondary N) is 2. The van der Waals surface area contributed by atoms with Crippen LogP contribution in [0.2, 0.25) is 5.02 Å². The van der Waals surface area contributed by atoms with E-state index in [9.17, 15) is 0 Å². The van der Waals surface area contributed by atoms with Crippen molar-refractivity contribution in [1.29, 1.82) is 0 Å². The van der Waals surface area contributed by atoms with Crippen molar-refractivity contribution in [3.63, 3.8) is 0 Å². The minimum absolute atomic E-state index is 0.685. The van der Waals surface area contributed by atoms with Crippen LogP contribution in [0.25, 0.3) is 0 Å². The van der Waals surface area contributed by atoms with E-state index >= 15 is 0 Å². The molecule has 1 aromatic rings. The Balaban J connectivity index is 2.01. The number of nitrogens with zero attached hydrogens (tertiary/aromatic N) is 1. The maximum atomic E-state index is 6.13. The van der Waals surface area contributed by atoms with E-state index in [0.29, 0.717) is 6.54 Å². The molecule has 0 amide bonds. The molecule has 0 saturated carbocycles. The third-order valence-corrected chi connectivity index (χ3v) is 3.49. The molecule has 3 nitrogen and oxygen atoms in total. The zero-order chi connectivity index (χ0) is 10.7. The van der Waals surface area contributed by atoms with Crippen LogP contribution >= 0.6 is 27.5 Å². The highest BCUT2D eigenvalue weighted by molar-refractivity contribution is 9.10. The summed E-state index contributed by atoms with van der Waals surface area (Å²) in [5.41, 5.74) is 1.06. The predicted molar refractivity (Wildman–Crippen MR) is 66.3 cm³/mol. The van der Waals surface area contributed by atoms with Gasteiger partial charge >= 0.3 is 0 Å². The van der Waals surface area contributed by atoms with Crippen LogP contribution in [-0.4, -0.2) is 19.0 Å². The quantitative estimate of drug-likeness (QED) is 0.875. The zero-order valence-corrected chi connectivity index (χ0v) is 10.4. The molecule has 1 heterocycles. The normalized spacial score (nSPS) is 14.7. The van der Waals surface area contributed by atoms with E-state index in [2.05, 4.69) is 31.6 Å². The summed E-state index contributed by atoms with van der Waals surface area (Å²) >= 11 is 9.53. The fraction of sp³-hybridized carbons (Fsp3) is 0.300. The van der Waals surface area contributed by atoms with Crippen molar-refractivity contribution in [2.45, 2.75) is 6.54 Å². The average molecular weight is 289 g/mol. The Hall–Kier alpha value is -0.740. The molecular formula is C10H11BrClN3. The highest BCUT2D eigenvalue weighted by Crippen LogP contribution is 2.25. The topological polar surface area (TPSA) is 36.4 Å². The summed E-state index contributed by atoms with van der Waals surface area (Å²) in [6, 6.07) is 5.89. The lowest BCUT2D eigenvalue weighted by Crippen LogP contribution is -2.33. The summed E-state index contributed by atoms with van der Waals surface area (Å²) in [4.78, 5) is 4.24. The smallest absolute Gasteiger partial charge is 0.191 e. The Morgan fingerprint density at radius 1 is 1.53 bits per heavy atom. The lowest BCUT2D eigenvalue weighted by molar-refractivity contribution is 0.867. The maximum Gasteiger partial charge on any atom is 0.191 e. The fourth-order valence-corrected chi connectivity index (χ4v) is 1.98. The van der Waals surface area contributed by atoms with Crippen molar-refractivity contribution in [2.24, 2.45) is 4.99 Å². The van der Waals surface area contributed by atoms with E-state index in [4.69, 9.17) is 11.6 Å². The number of benzene rings is 1. The second-order valence-corrected chi connectivity index (χ2v) is 4.46. The van der Waals surface area contributed by atoms with Crippen LogP contribution in [0.4, 0.5) is 0 Å². The highest BCUT2D eigenvalue weighted by Gasteiger charge is 2.06. The molecular weight excluding hydrogens is 277 g/mol. The van der Waals surface area contributed by atoms with Gasteiger partial charge in [-0.25, -0.2) is 0 Å². The van der Waals surface area contributed by atoms with E-state index in [1.54, 1.807) is 0 Å². The summed E-state index contributed by atoms with van der Waals surface area (Å²) in [5.74, 6) is 0.853. The molecule has 15 heavy (non-hydrogen) atoms. The molecule has 2 rings (SSSR count). The molecule has 0 aromatic heterocycles. The summed E-state index contributed by atoms with van der Waals surface area (Å²) in [6.07, 6.45) is 0. The number of guanidine groups is 1. The molecule has 0 unspecified atom stereocenters. The average Bonchev–Trinajstić information content (AvgIpc) is 2.73. The first-order valence-electron chi connectivity index (χ1n) is 4.72. The van der Waals surface area contributed by atoms with E-state index in [-0.39, 0.29) is 0 Å². The molecule has 0 atom stereocenters. The van der Waals surface area contributed by atoms with E-state index < -0.39 is 0 Å². The second kappa shape index (κ2) is 4.86. The van der Waals surface area contributed by atoms with Crippen molar-refractivity contribution < 1.29 is 0 Å². The predicted octanol–water partition coefficient (Wildman–Crippen LogP) is 2.15. The van der Waals surface area contributed by atoms with Gasteiger partial charge in [0.25, 0.3) is 0 Å². The number of hydrogen-bond donors (Lipinski definition) is 2. The number of aliphatic imine (C=N–C) groups is 1. The largest absolute Gasteiger partial charge is 0.355 e. The lowest BCUT2D eigenvalue weighted by Gasteiger charge is -2.08. The van der Waals surface area contributed by atoms with Crippen LogP contribution in [0.3, 0.4) is 0 Å². The molecule has 80 valence electrons. The van der Waals surface area contributed by atoms with Crippen LogP contribution in [-0.2, 0) is 6.54 Å². The number of hydrogen-bond acceptors (Lipinski definition) is 3. The van der Waals surface area contributed by atoms with Crippen LogP contribution < -0.4 is 10.6 Å². The number of halogens is 2. The van der Waals surface area contributed by atoms with Crippen LogP contribution in [0.15, 0.2) is 27.7 Å². The Kier molecular flexibility index (Phi) is 3.49. The molecule has 0 fully saturated rings. The molecule has 0 radical (unpaired) electrons. The first kappa shape index (κ1) is 10.8. The van der Waals surface area contributed by atoms with Gasteiger partial charge in [-0.3, -0.25) is 4.99 Å². The first-order chi connectivity index (χ1) is 7.27. The van der Waals surface area contributed by atoms with E-state index in [1.807, 2.05) is 18.2 Å².